The molecule has 142 valence electrons. The molecule has 4 amide bonds. The van der Waals surface area contributed by atoms with Gasteiger partial charge in [-0.25, -0.2) is 9.18 Å². The van der Waals surface area contributed by atoms with Crippen LogP contribution >= 0.6 is 11.6 Å². The first-order valence-corrected chi connectivity index (χ1v) is 8.80. The van der Waals surface area contributed by atoms with Gasteiger partial charge in [-0.2, -0.15) is 5.01 Å². The lowest BCUT2D eigenvalue weighted by Crippen LogP contribution is -2.59. The largest absolute Gasteiger partial charge is 0.350 e. The molecular formula is C19H14ClFN4O3. The summed E-state index contributed by atoms with van der Waals surface area (Å²) in [6.45, 7) is 0.0237. The fourth-order valence-corrected chi connectivity index (χ4v) is 3.21. The van der Waals surface area contributed by atoms with E-state index >= 15 is 0 Å². The summed E-state index contributed by atoms with van der Waals surface area (Å²) in [5, 5.41) is 1.83. The van der Waals surface area contributed by atoms with Crippen LogP contribution in [0.3, 0.4) is 0 Å². The lowest BCUT2D eigenvalue weighted by atomic mass is 10.2. The van der Waals surface area contributed by atoms with Gasteiger partial charge in [0.1, 0.15) is 11.5 Å². The quantitative estimate of drug-likeness (QED) is 0.706. The fourth-order valence-electron chi connectivity index (χ4n) is 3.03. The standard InChI is InChI=1S/C19H14ClFN4O3/c20-12-5-6-14-11(9-12)10-15(22-14)18(27)23-25-17(26)7-8-24(19(25)28)16-4-2-1-3-13(16)21/h1-6,9-10,22H,7-8H2,(H,23,27). The number of fused-ring (bicyclic) bond motifs is 1. The van der Waals surface area contributed by atoms with Crippen LogP contribution in [0.25, 0.3) is 10.9 Å². The Labute approximate surface area is 163 Å². The minimum absolute atomic E-state index is 0.0237. The van der Waals surface area contributed by atoms with Crippen molar-refractivity contribution >= 4 is 46.0 Å². The predicted molar refractivity (Wildman–Crippen MR) is 101 cm³/mol. The van der Waals surface area contributed by atoms with Gasteiger partial charge in [-0.3, -0.25) is 19.9 Å². The average molecular weight is 401 g/mol. The van der Waals surface area contributed by atoms with E-state index in [4.69, 9.17) is 11.6 Å². The number of hydrazine groups is 1. The zero-order valence-electron chi connectivity index (χ0n) is 14.4. The smallest absolute Gasteiger partial charge is 0.350 e. The Balaban J connectivity index is 1.58. The Morgan fingerprint density at radius 3 is 2.71 bits per heavy atom. The lowest BCUT2D eigenvalue weighted by Gasteiger charge is -2.33. The number of anilines is 1. The molecule has 0 atom stereocenters. The second-order valence-electron chi connectivity index (χ2n) is 6.22. The highest BCUT2D eigenvalue weighted by Crippen LogP contribution is 2.24. The molecule has 0 radical (unpaired) electrons. The van der Waals surface area contributed by atoms with Crippen molar-refractivity contribution in [3.8, 4) is 0 Å². The number of rotatable bonds is 3. The van der Waals surface area contributed by atoms with E-state index in [1.54, 1.807) is 30.3 Å². The highest BCUT2D eigenvalue weighted by molar-refractivity contribution is 6.31. The summed E-state index contributed by atoms with van der Waals surface area (Å²) < 4.78 is 14.0. The number of aromatic amines is 1. The SMILES string of the molecule is O=C(NN1C(=O)CCN(c2ccccc2F)C1=O)c1cc2cc(Cl)ccc2[nH]1. The van der Waals surface area contributed by atoms with Crippen LogP contribution in [0.15, 0.2) is 48.5 Å². The first kappa shape index (κ1) is 18.0. The summed E-state index contributed by atoms with van der Waals surface area (Å²) in [7, 11) is 0. The maximum Gasteiger partial charge on any atom is 0.350 e. The van der Waals surface area contributed by atoms with E-state index in [2.05, 4.69) is 10.4 Å². The molecule has 0 saturated carbocycles. The molecule has 2 N–H and O–H groups in total. The molecular weight excluding hydrogens is 387 g/mol. The van der Waals surface area contributed by atoms with E-state index < -0.39 is 23.7 Å². The third kappa shape index (κ3) is 3.18. The van der Waals surface area contributed by atoms with Gasteiger partial charge in [0.2, 0.25) is 0 Å². The van der Waals surface area contributed by atoms with Crippen molar-refractivity contribution in [1.82, 2.24) is 15.4 Å². The molecule has 1 aromatic heterocycles. The van der Waals surface area contributed by atoms with Gasteiger partial charge >= 0.3 is 6.03 Å². The number of hydrogen-bond acceptors (Lipinski definition) is 3. The molecule has 4 rings (SSSR count). The first-order chi connectivity index (χ1) is 13.4. The number of nitrogens with zero attached hydrogens (tertiary/aromatic N) is 2. The van der Waals surface area contributed by atoms with Gasteiger partial charge in [-0.05, 0) is 36.4 Å². The number of amides is 4. The van der Waals surface area contributed by atoms with E-state index in [-0.39, 0.29) is 24.3 Å². The number of carbonyl (C=O) groups is 3. The summed E-state index contributed by atoms with van der Waals surface area (Å²) in [5.41, 5.74) is 3.17. The Hall–Kier alpha value is -3.39. The molecule has 0 spiro atoms. The van der Waals surface area contributed by atoms with Crippen LogP contribution in [-0.4, -0.2) is 34.4 Å². The van der Waals surface area contributed by atoms with E-state index in [9.17, 15) is 18.8 Å². The van der Waals surface area contributed by atoms with Crippen LogP contribution in [0.4, 0.5) is 14.9 Å². The second-order valence-corrected chi connectivity index (χ2v) is 6.66. The van der Waals surface area contributed by atoms with Gasteiger partial charge in [0.15, 0.2) is 0 Å². The third-order valence-corrected chi connectivity index (χ3v) is 4.64. The molecule has 1 aliphatic heterocycles. The van der Waals surface area contributed by atoms with Crippen LogP contribution < -0.4 is 10.3 Å². The highest BCUT2D eigenvalue weighted by Gasteiger charge is 2.35. The van der Waals surface area contributed by atoms with Gasteiger partial charge in [0, 0.05) is 28.9 Å². The Morgan fingerprint density at radius 2 is 1.93 bits per heavy atom. The van der Waals surface area contributed by atoms with E-state index in [1.165, 1.54) is 18.2 Å². The minimum atomic E-state index is -0.825. The van der Waals surface area contributed by atoms with Crippen LogP contribution in [0.2, 0.25) is 5.02 Å². The summed E-state index contributed by atoms with van der Waals surface area (Å²) in [6.07, 6.45) is -0.0529. The van der Waals surface area contributed by atoms with Crippen molar-refractivity contribution in [3.63, 3.8) is 0 Å². The summed E-state index contributed by atoms with van der Waals surface area (Å²) in [6, 6.07) is 11.5. The van der Waals surface area contributed by atoms with Crippen molar-refractivity contribution in [2.45, 2.75) is 6.42 Å². The van der Waals surface area contributed by atoms with Crippen molar-refractivity contribution in [2.24, 2.45) is 0 Å². The van der Waals surface area contributed by atoms with Gasteiger partial charge in [0.05, 0.1) is 5.69 Å². The molecule has 2 aromatic carbocycles. The number of urea groups is 1. The van der Waals surface area contributed by atoms with E-state index in [0.29, 0.717) is 20.9 Å². The molecule has 1 fully saturated rings. The van der Waals surface area contributed by atoms with Gasteiger partial charge in [-0.1, -0.05) is 23.7 Å². The average Bonchev–Trinajstić information content (AvgIpc) is 3.09. The van der Waals surface area contributed by atoms with Gasteiger partial charge < -0.3 is 4.98 Å². The normalized spacial score (nSPS) is 14.6. The number of benzene rings is 2. The molecule has 0 aliphatic carbocycles. The fraction of sp³-hybridized carbons (Fsp3) is 0.105. The van der Waals surface area contributed by atoms with Crippen LogP contribution in [-0.2, 0) is 4.79 Å². The monoisotopic (exact) mass is 400 g/mol. The molecule has 2 heterocycles. The maximum atomic E-state index is 14.0. The Bertz CT molecular complexity index is 1110. The number of aromatic nitrogens is 1. The van der Waals surface area contributed by atoms with Gasteiger partial charge in [-0.15, -0.1) is 0 Å². The molecule has 0 unspecified atom stereocenters. The molecule has 3 aromatic rings. The maximum absolute atomic E-state index is 14.0. The number of para-hydroxylation sites is 1. The Kier molecular flexibility index (Phi) is 4.48. The van der Waals surface area contributed by atoms with Crippen LogP contribution in [0.5, 0.6) is 0 Å². The van der Waals surface area contributed by atoms with Crippen molar-refractivity contribution in [3.05, 3.63) is 65.1 Å². The van der Waals surface area contributed by atoms with E-state index in [1.807, 2.05) is 0 Å². The molecule has 0 bridgehead atoms. The van der Waals surface area contributed by atoms with Crippen molar-refractivity contribution in [1.29, 1.82) is 0 Å². The molecule has 7 nitrogen and oxygen atoms in total. The summed E-state index contributed by atoms with van der Waals surface area (Å²) in [5.74, 6) is -1.85. The number of imide groups is 1. The van der Waals surface area contributed by atoms with E-state index in [0.717, 1.165) is 4.90 Å². The molecule has 1 aliphatic rings. The summed E-state index contributed by atoms with van der Waals surface area (Å²) in [4.78, 5) is 41.5. The highest BCUT2D eigenvalue weighted by atomic mass is 35.5. The number of hydrogen-bond donors (Lipinski definition) is 2. The minimum Gasteiger partial charge on any atom is -0.350 e. The zero-order chi connectivity index (χ0) is 19.8. The third-order valence-electron chi connectivity index (χ3n) is 4.40. The van der Waals surface area contributed by atoms with Crippen molar-refractivity contribution < 1.29 is 18.8 Å². The summed E-state index contributed by atoms with van der Waals surface area (Å²) >= 11 is 5.94. The number of H-pyrrole nitrogens is 1. The van der Waals surface area contributed by atoms with Crippen molar-refractivity contribution in [2.75, 3.05) is 11.4 Å². The number of halogens is 2. The van der Waals surface area contributed by atoms with Gasteiger partial charge in [0.25, 0.3) is 11.8 Å². The van der Waals surface area contributed by atoms with Crippen LogP contribution in [0.1, 0.15) is 16.9 Å². The predicted octanol–water partition coefficient (Wildman–Crippen LogP) is 3.46. The Morgan fingerprint density at radius 1 is 1.14 bits per heavy atom. The zero-order valence-corrected chi connectivity index (χ0v) is 15.2. The first-order valence-electron chi connectivity index (χ1n) is 8.42. The second kappa shape index (κ2) is 6.97. The lowest BCUT2D eigenvalue weighted by molar-refractivity contribution is -0.130. The molecule has 1 saturated heterocycles. The molecule has 9 heteroatoms. The molecule has 28 heavy (non-hydrogen) atoms. The number of nitrogens with one attached hydrogen (secondary N) is 2. The topological polar surface area (TPSA) is 85.5 Å². The van der Waals surface area contributed by atoms with Crippen LogP contribution in [0, 0.1) is 5.82 Å². The number of carbonyl (C=O) groups excluding carboxylic acids is 3.